The van der Waals surface area contributed by atoms with Crippen LogP contribution in [0.5, 0.6) is 0 Å². The molecule has 0 heterocycles. The van der Waals surface area contributed by atoms with E-state index in [-0.39, 0.29) is 18.8 Å². The summed E-state index contributed by atoms with van der Waals surface area (Å²) >= 11 is 0. The average molecular weight is 448 g/mol. The number of alkyl halides is 9. The Morgan fingerprint density at radius 2 is 1.27 bits per heavy atom. The average Bonchev–Trinajstić information content (AvgIpc) is 2.67. The second-order valence-electron chi connectivity index (χ2n) is 8.02. The second-order valence-corrected chi connectivity index (χ2v) is 8.02. The van der Waals surface area contributed by atoms with Crippen molar-refractivity contribution in [2.45, 2.75) is 88.2 Å². The molecule has 0 nitrogen and oxygen atoms in total. The van der Waals surface area contributed by atoms with E-state index in [1.807, 2.05) is 24.3 Å². The fourth-order valence-corrected chi connectivity index (χ4v) is 3.97. The molecular weight excluding hydrogens is 423 g/mol. The maximum atomic E-state index is 14.1. The van der Waals surface area contributed by atoms with Gasteiger partial charge in [-0.2, -0.15) is 39.5 Å². The number of unbranched alkanes of at least 4 members (excludes halogenated alkanes) is 2. The summed E-state index contributed by atoms with van der Waals surface area (Å²) in [6.45, 7) is 2.09. The van der Waals surface area contributed by atoms with Crippen molar-refractivity contribution in [1.29, 1.82) is 0 Å². The lowest BCUT2D eigenvalue weighted by atomic mass is 9.74. The van der Waals surface area contributed by atoms with Crippen LogP contribution in [0.1, 0.15) is 68.9 Å². The van der Waals surface area contributed by atoms with Gasteiger partial charge in [0.1, 0.15) is 0 Å². The SMILES string of the molecule is CCCCCc1ccc(C2CCC(C(F)(F)C(F)(F)C(F)(F)C(F)(F)F)CC2)cc1. The van der Waals surface area contributed by atoms with Gasteiger partial charge in [-0.3, -0.25) is 0 Å². The molecular formula is C21H25F9. The normalized spacial score (nSPS) is 21.7. The highest BCUT2D eigenvalue weighted by molar-refractivity contribution is 5.26. The van der Waals surface area contributed by atoms with Crippen molar-refractivity contribution >= 4 is 0 Å². The minimum absolute atomic E-state index is 0.0170. The van der Waals surface area contributed by atoms with Crippen LogP contribution in [0.4, 0.5) is 39.5 Å². The molecule has 0 unspecified atom stereocenters. The van der Waals surface area contributed by atoms with Crippen LogP contribution in [0.3, 0.4) is 0 Å². The molecule has 0 atom stereocenters. The van der Waals surface area contributed by atoms with Crippen molar-refractivity contribution < 1.29 is 39.5 Å². The molecule has 1 aliphatic rings. The first kappa shape index (κ1) is 24.9. The number of halogens is 9. The lowest BCUT2D eigenvalue weighted by Crippen LogP contribution is -2.63. The number of hydrogen-bond acceptors (Lipinski definition) is 0. The van der Waals surface area contributed by atoms with Crippen molar-refractivity contribution in [3.8, 4) is 0 Å². The van der Waals surface area contributed by atoms with Crippen LogP contribution in [0.2, 0.25) is 0 Å². The first-order chi connectivity index (χ1) is 13.8. The first-order valence-electron chi connectivity index (χ1n) is 10.0. The molecule has 0 aliphatic heterocycles. The van der Waals surface area contributed by atoms with Gasteiger partial charge in [0.05, 0.1) is 0 Å². The van der Waals surface area contributed by atoms with Crippen LogP contribution in [0, 0.1) is 5.92 Å². The van der Waals surface area contributed by atoms with E-state index in [0.717, 1.165) is 36.8 Å². The van der Waals surface area contributed by atoms with E-state index in [9.17, 15) is 39.5 Å². The predicted molar refractivity (Wildman–Crippen MR) is 95.3 cm³/mol. The summed E-state index contributed by atoms with van der Waals surface area (Å²) in [6.07, 6.45) is -3.73. The Hall–Kier alpha value is -1.41. The summed E-state index contributed by atoms with van der Waals surface area (Å²) in [5.41, 5.74) is 1.94. The molecule has 1 aromatic carbocycles. The summed E-state index contributed by atoms with van der Waals surface area (Å²) < 4.78 is 119. The molecule has 0 spiro atoms. The topological polar surface area (TPSA) is 0 Å². The molecule has 9 heteroatoms. The molecule has 1 aliphatic carbocycles. The number of aryl methyl sites for hydroxylation is 1. The number of benzene rings is 1. The lowest BCUT2D eigenvalue weighted by Gasteiger charge is -2.40. The Bertz CT molecular complexity index is 669. The molecule has 1 aromatic rings. The summed E-state index contributed by atoms with van der Waals surface area (Å²) in [5.74, 6) is -21.3. The van der Waals surface area contributed by atoms with Gasteiger partial charge in [-0.15, -0.1) is 0 Å². The Morgan fingerprint density at radius 1 is 0.733 bits per heavy atom. The van der Waals surface area contributed by atoms with Gasteiger partial charge in [0.2, 0.25) is 0 Å². The van der Waals surface area contributed by atoms with Crippen molar-refractivity contribution in [1.82, 2.24) is 0 Å². The maximum Gasteiger partial charge on any atom is 0.460 e. The van der Waals surface area contributed by atoms with Crippen LogP contribution >= 0.6 is 0 Å². The maximum absolute atomic E-state index is 14.1. The number of hydrogen-bond donors (Lipinski definition) is 0. The van der Waals surface area contributed by atoms with Crippen LogP contribution < -0.4 is 0 Å². The van der Waals surface area contributed by atoms with Gasteiger partial charge in [-0.25, -0.2) is 0 Å². The standard InChI is InChI=1S/C21H25F9/c1-2-3-4-5-14-6-8-15(9-7-14)16-10-12-17(13-11-16)18(22,23)19(24,25)20(26,27)21(28,29)30/h6-9,16-17H,2-5,10-13H2,1H3. The van der Waals surface area contributed by atoms with E-state index in [1.165, 1.54) is 0 Å². The Labute approximate surface area is 169 Å². The third-order valence-corrected chi connectivity index (χ3v) is 5.93. The Kier molecular flexibility index (Phi) is 7.45. The van der Waals surface area contributed by atoms with Gasteiger partial charge < -0.3 is 0 Å². The highest BCUT2D eigenvalue weighted by Crippen LogP contribution is 2.57. The minimum atomic E-state index is -6.81. The molecule has 1 fully saturated rings. The second kappa shape index (κ2) is 8.99. The molecule has 30 heavy (non-hydrogen) atoms. The van der Waals surface area contributed by atoms with E-state index < -0.39 is 42.7 Å². The van der Waals surface area contributed by atoms with Gasteiger partial charge in [0, 0.05) is 5.92 Å². The molecule has 1 saturated carbocycles. The zero-order valence-electron chi connectivity index (χ0n) is 16.5. The van der Waals surface area contributed by atoms with Crippen molar-refractivity contribution in [2.75, 3.05) is 0 Å². The first-order valence-corrected chi connectivity index (χ1v) is 10.0. The smallest absolute Gasteiger partial charge is 0.199 e. The third kappa shape index (κ3) is 4.74. The van der Waals surface area contributed by atoms with Crippen molar-refractivity contribution in [2.24, 2.45) is 5.92 Å². The summed E-state index contributed by atoms with van der Waals surface area (Å²) in [7, 11) is 0. The molecule has 0 amide bonds. The van der Waals surface area contributed by atoms with Crippen LogP contribution in [0.15, 0.2) is 24.3 Å². The van der Waals surface area contributed by atoms with Gasteiger partial charge in [0.15, 0.2) is 0 Å². The van der Waals surface area contributed by atoms with Gasteiger partial charge >= 0.3 is 23.9 Å². The quantitative estimate of drug-likeness (QED) is 0.278. The molecule has 2 rings (SSSR count). The lowest BCUT2D eigenvalue weighted by molar-refractivity contribution is -0.404. The molecule has 0 bridgehead atoms. The van der Waals surface area contributed by atoms with Crippen LogP contribution in [0.25, 0.3) is 0 Å². The molecule has 0 N–H and O–H groups in total. The minimum Gasteiger partial charge on any atom is -0.199 e. The molecule has 0 saturated heterocycles. The van der Waals surface area contributed by atoms with Gasteiger partial charge in [-0.05, 0) is 55.6 Å². The highest BCUT2D eigenvalue weighted by atomic mass is 19.4. The van der Waals surface area contributed by atoms with E-state index in [0.29, 0.717) is 0 Å². The molecule has 0 radical (unpaired) electrons. The fraction of sp³-hybridized carbons (Fsp3) is 0.714. The van der Waals surface area contributed by atoms with E-state index in [4.69, 9.17) is 0 Å². The molecule has 172 valence electrons. The van der Waals surface area contributed by atoms with Gasteiger partial charge in [-0.1, -0.05) is 44.0 Å². The Balaban J connectivity index is 2.04. The highest BCUT2D eigenvalue weighted by Gasteiger charge is 2.82. The monoisotopic (exact) mass is 448 g/mol. The Morgan fingerprint density at radius 3 is 1.73 bits per heavy atom. The van der Waals surface area contributed by atoms with E-state index >= 15 is 0 Å². The van der Waals surface area contributed by atoms with Crippen molar-refractivity contribution in [3.63, 3.8) is 0 Å². The molecule has 0 aromatic heterocycles. The zero-order chi connectivity index (χ0) is 22.8. The largest absolute Gasteiger partial charge is 0.460 e. The predicted octanol–water partition coefficient (Wildman–Crippen LogP) is 8.16. The van der Waals surface area contributed by atoms with Crippen LogP contribution in [-0.4, -0.2) is 23.9 Å². The number of rotatable bonds is 8. The van der Waals surface area contributed by atoms with Gasteiger partial charge in [0.25, 0.3) is 0 Å². The zero-order valence-corrected chi connectivity index (χ0v) is 16.5. The third-order valence-electron chi connectivity index (χ3n) is 5.93. The fourth-order valence-electron chi connectivity index (χ4n) is 3.97. The van der Waals surface area contributed by atoms with Crippen LogP contribution in [-0.2, 0) is 6.42 Å². The summed E-state index contributed by atoms with van der Waals surface area (Å²) in [6, 6.07) is 7.47. The van der Waals surface area contributed by atoms with Crippen molar-refractivity contribution in [3.05, 3.63) is 35.4 Å². The van der Waals surface area contributed by atoms with E-state index in [2.05, 4.69) is 6.92 Å². The summed E-state index contributed by atoms with van der Waals surface area (Å²) in [4.78, 5) is 0. The van der Waals surface area contributed by atoms with E-state index in [1.54, 1.807) is 0 Å². The summed E-state index contributed by atoms with van der Waals surface area (Å²) in [5, 5.41) is 0.